The van der Waals surface area contributed by atoms with E-state index < -0.39 is 5.41 Å². The van der Waals surface area contributed by atoms with E-state index in [0.29, 0.717) is 45.4 Å². The van der Waals surface area contributed by atoms with Crippen LogP contribution in [0.4, 0.5) is 5.69 Å². The molecule has 1 N–H and O–H groups in total. The van der Waals surface area contributed by atoms with Gasteiger partial charge in [0.05, 0.1) is 37.4 Å². The molecule has 0 atom stereocenters. The molecule has 0 radical (unpaired) electrons. The Morgan fingerprint density at radius 2 is 1.67 bits per heavy atom. The second kappa shape index (κ2) is 11.7. The van der Waals surface area contributed by atoms with E-state index in [1.165, 1.54) is 26.0 Å². The van der Waals surface area contributed by atoms with Gasteiger partial charge in [-0.15, -0.1) is 0 Å². The van der Waals surface area contributed by atoms with E-state index in [2.05, 4.69) is 5.32 Å². The third kappa shape index (κ3) is 6.49. The second-order valence-electron chi connectivity index (χ2n) is 9.99. The summed E-state index contributed by atoms with van der Waals surface area (Å²) in [6.07, 6.45) is 0. The number of carbonyl (C=O) groups is 2. The zero-order valence-electron chi connectivity index (χ0n) is 22.6. The van der Waals surface area contributed by atoms with Gasteiger partial charge < -0.3 is 14.8 Å². The molecule has 0 spiro atoms. The number of hydrogen-bond donors (Lipinski definition) is 1. The Kier molecular flexibility index (Phi) is 8.40. The lowest BCUT2D eigenvalue weighted by Crippen LogP contribution is -2.26. The van der Waals surface area contributed by atoms with Crippen LogP contribution in [0.1, 0.15) is 36.7 Å². The molecule has 0 saturated carbocycles. The third-order valence-corrected chi connectivity index (χ3v) is 7.15. The average Bonchev–Trinajstić information content (AvgIpc) is 2.93. The van der Waals surface area contributed by atoms with Crippen molar-refractivity contribution in [3.8, 4) is 11.5 Å². The standard InChI is InChI=1S/C30H31N3O5S/c1-30(2,3)26(34)18-39-29-32-23-15-20(27(35)31-21-12-14-24(37-4)25(16-21)38-5)11-13-22(23)28(36)33(29)17-19-9-7-6-8-10-19/h6-16H,17-18H2,1-5H3,(H,31,35). The molecule has 0 unspecified atom stereocenters. The zero-order valence-corrected chi connectivity index (χ0v) is 23.4. The topological polar surface area (TPSA) is 99.5 Å². The minimum Gasteiger partial charge on any atom is -0.493 e. The van der Waals surface area contributed by atoms with Gasteiger partial charge in [-0.1, -0.05) is 62.9 Å². The van der Waals surface area contributed by atoms with Crippen molar-refractivity contribution in [2.24, 2.45) is 5.41 Å². The minimum atomic E-state index is -0.510. The highest BCUT2D eigenvalue weighted by Crippen LogP contribution is 2.30. The molecule has 0 aliphatic heterocycles. The number of methoxy groups -OCH3 is 2. The maximum atomic E-state index is 13.6. The molecule has 4 rings (SSSR count). The van der Waals surface area contributed by atoms with Crippen LogP contribution in [0.3, 0.4) is 0 Å². The van der Waals surface area contributed by atoms with Crippen LogP contribution in [0.25, 0.3) is 10.9 Å². The Morgan fingerprint density at radius 3 is 2.33 bits per heavy atom. The van der Waals surface area contributed by atoms with Crippen molar-refractivity contribution >= 4 is 40.0 Å². The fourth-order valence-corrected chi connectivity index (χ4v) is 4.98. The van der Waals surface area contributed by atoms with Crippen LogP contribution >= 0.6 is 11.8 Å². The molecule has 1 aromatic heterocycles. The second-order valence-corrected chi connectivity index (χ2v) is 10.9. The summed E-state index contributed by atoms with van der Waals surface area (Å²) in [7, 11) is 3.06. The first kappa shape index (κ1) is 27.9. The molecule has 0 saturated heterocycles. The Morgan fingerprint density at radius 1 is 0.949 bits per heavy atom. The van der Waals surface area contributed by atoms with Crippen LogP contribution in [0.5, 0.6) is 11.5 Å². The highest BCUT2D eigenvalue weighted by Gasteiger charge is 2.23. The number of rotatable bonds is 9. The van der Waals surface area contributed by atoms with Gasteiger partial charge in [-0.3, -0.25) is 19.0 Å². The molecule has 202 valence electrons. The first-order valence-electron chi connectivity index (χ1n) is 12.4. The number of amides is 1. The number of nitrogens with zero attached hydrogens (tertiary/aromatic N) is 2. The molecule has 0 bridgehead atoms. The summed E-state index contributed by atoms with van der Waals surface area (Å²) in [5, 5.41) is 3.66. The van der Waals surface area contributed by atoms with E-state index >= 15 is 0 Å². The number of Topliss-reactive ketones (excluding diaryl/α,β-unsaturated/α-hetero) is 1. The summed E-state index contributed by atoms with van der Waals surface area (Å²) in [6.45, 7) is 5.91. The quantitative estimate of drug-likeness (QED) is 0.221. The van der Waals surface area contributed by atoms with Crippen LogP contribution in [0.2, 0.25) is 0 Å². The molecule has 9 heteroatoms. The van der Waals surface area contributed by atoms with Gasteiger partial charge in [0.2, 0.25) is 0 Å². The van der Waals surface area contributed by atoms with Crippen LogP contribution in [-0.2, 0) is 11.3 Å². The van der Waals surface area contributed by atoms with Gasteiger partial charge >= 0.3 is 0 Å². The van der Waals surface area contributed by atoms with Crippen LogP contribution < -0.4 is 20.3 Å². The maximum absolute atomic E-state index is 13.6. The van der Waals surface area contributed by atoms with Crippen LogP contribution in [-0.4, -0.2) is 41.2 Å². The molecular weight excluding hydrogens is 514 g/mol. The SMILES string of the molecule is COc1ccc(NC(=O)c2ccc3c(=O)n(Cc4ccccc4)c(SCC(=O)C(C)(C)C)nc3c2)cc1OC. The number of hydrogen-bond acceptors (Lipinski definition) is 7. The predicted molar refractivity (Wildman–Crippen MR) is 154 cm³/mol. The van der Waals surface area contributed by atoms with E-state index in [-0.39, 0.29) is 23.0 Å². The number of ketones is 1. The smallest absolute Gasteiger partial charge is 0.262 e. The molecule has 0 fully saturated rings. The van der Waals surface area contributed by atoms with E-state index in [0.717, 1.165) is 5.56 Å². The highest BCUT2D eigenvalue weighted by molar-refractivity contribution is 7.99. The lowest BCUT2D eigenvalue weighted by atomic mass is 9.92. The van der Waals surface area contributed by atoms with Gasteiger partial charge in [-0.25, -0.2) is 4.98 Å². The minimum absolute atomic E-state index is 0.0520. The molecule has 39 heavy (non-hydrogen) atoms. The summed E-state index contributed by atoms with van der Waals surface area (Å²) in [6, 6.07) is 19.5. The number of nitrogens with one attached hydrogen (secondary N) is 1. The fraction of sp³-hybridized carbons (Fsp3) is 0.267. The lowest BCUT2D eigenvalue weighted by Gasteiger charge is -2.17. The van der Waals surface area contributed by atoms with Gasteiger partial charge in [0.1, 0.15) is 5.78 Å². The Balaban J connectivity index is 1.70. The monoisotopic (exact) mass is 545 g/mol. The van der Waals surface area contributed by atoms with Crippen molar-refractivity contribution < 1.29 is 19.1 Å². The van der Waals surface area contributed by atoms with Gasteiger partial charge in [0.15, 0.2) is 16.7 Å². The number of thioether (sulfide) groups is 1. The van der Waals surface area contributed by atoms with Crippen LogP contribution in [0.15, 0.2) is 76.7 Å². The summed E-state index contributed by atoms with van der Waals surface area (Å²) in [5.74, 6) is 0.899. The number of ether oxygens (including phenoxy) is 2. The van der Waals surface area contributed by atoms with Gasteiger partial charge in [-0.2, -0.15) is 0 Å². The van der Waals surface area contributed by atoms with Gasteiger partial charge in [0, 0.05) is 22.7 Å². The molecule has 4 aromatic rings. The predicted octanol–water partition coefficient (Wildman–Crippen LogP) is 5.42. The number of aromatic nitrogens is 2. The normalized spacial score (nSPS) is 11.3. The number of benzene rings is 3. The van der Waals surface area contributed by atoms with Crippen molar-refractivity contribution in [3.05, 3.63) is 88.2 Å². The molecule has 8 nitrogen and oxygen atoms in total. The molecule has 0 aliphatic rings. The van der Waals surface area contributed by atoms with Crippen molar-refractivity contribution in [1.82, 2.24) is 9.55 Å². The first-order chi connectivity index (χ1) is 18.6. The van der Waals surface area contributed by atoms with Crippen molar-refractivity contribution in [2.45, 2.75) is 32.5 Å². The Labute approximate surface area is 231 Å². The Hall–Kier alpha value is -4.11. The van der Waals surface area contributed by atoms with Crippen LogP contribution in [0, 0.1) is 5.41 Å². The highest BCUT2D eigenvalue weighted by atomic mass is 32.2. The molecular formula is C30H31N3O5S. The van der Waals surface area contributed by atoms with Crippen molar-refractivity contribution in [1.29, 1.82) is 0 Å². The third-order valence-electron chi connectivity index (χ3n) is 6.18. The van der Waals surface area contributed by atoms with Crippen molar-refractivity contribution in [2.75, 3.05) is 25.3 Å². The van der Waals surface area contributed by atoms with E-state index in [1.54, 1.807) is 41.0 Å². The van der Waals surface area contributed by atoms with Crippen molar-refractivity contribution in [3.63, 3.8) is 0 Å². The average molecular weight is 546 g/mol. The maximum Gasteiger partial charge on any atom is 0.262 e. The lowest BCUT2D eigenvalue weighted by molar-refractivity contribution is -0.123. The van der Waals surface area contributed by atoms with Gasteiger partial charge in [0.25, 0.3) is 11.5 Å². The summed E-state index contributed by atoms with van der Waals surface area (Å²) in [4.78, 5) is 44.1. The molecule has 1 amide bonds. The number of anilines is 1. The van der Waals surface area contributed by atoms with E-state index in [1.807, 2.05) is 51.1 Å². The molecule has 0 aliphatic carbocycles. The fourth-order valence-electron chi connectivity index (χ4n) is 3.82. The molecule has 1 heterocycles. The van der Waals surface area contributed by atoms with Gasteiger partial charge in [-0.05, 0) is 35.9 Å². The molecule has 3 aromatic carbocycles. The number of fused-ring (bicyclic) bond motifs is 1. The summed E-state index contributed by atoms with van der Waals surface area (Å²) in [5.41, 5.74) is 1.45. The first-order valence-corrected chi connectivity index (χ1v) is 13.4. The largest absolute Gasteiger partial charge is 0.493 e. The Bertz CT molecular complexity index is 1580. The zero-order chi connectivity index (χ0) is 28.2. The van der Waals surface area contributed by atoms with E-state index in [4.69, 9.17) is 14.5 Å². The number of carbonyl (C=O) groups excluding carboxylic acids is 2. The van der Waals surface area contributed by atoms with E-state index in [9.17, 15) is 14.4 Å². The summed E-state index contributed by atoms with van der Waals surface area (Å²) < 4.78 is 12.1. The summed E-state index contributed by atoms with van der Waals surface area (Å²) >= 11 is 1.23.